The molecule has 188 valence electrons. The van der Waals surface area contributed by atoms with Crippen molar-refractivity contribution in [1.29, 1.82) is 0 Å². The van der Waals surface area contributed by atoms with Crippen molar-refractivity contribution in [3.05, 3.63) is 12.2 Å². The smallest absolute Gasteiger partial charge is 0.0771 e. The third-order valence-corrected chi connectivity index (χ3v) is 12.9. The fraction of sp³-hybridized carbons (Fsp3) is 0.933. The van der Waals surface area contributed by atoms with Crippen LogP contribution in [0.15, 0.2) is 12.2 Å². The summed E-state index contributed by atoms with van der Waals surface area (Å²) in [6.45, 7) is 15.9. The van der Waals surface area contributed by atoms with Crippen LogP contribution in [0.3, 0.4) is 0 Å². The van der Waals surface area contributed by atoms with E-state index in [2.05, 4.69) is 40.7 Å². The summed E-state index contributed by atoms with van der Waals surface area (Å²) in [5.74, 6) is 2.53. The molecule has 0 aromatic heterocycles. The Morgan fingerprint density at radius 2 is 1.58 bits per heavy atom. The highest BCUT2D eigenvalue weighted by Gasteiger charge is 2.84. The van der Waals surface area contributed by atoms with E-state index < -0.39 is 5.60 Å². The molecule has 33 heavy (non-hydrogen) atoms. The van der Waals surface area contributed by atoms with Gasteiger partial charge in [-0.3, -0.25) is 0 Å². The molecule has 10 unspecified atom stereocenters. The molecule has 3 nitrogen and oxygen atoms in total. The lowest BCUT2D eigenvalue weighted by atomic mass is 9.41. The molecule has 0 saturated heterocycles. The monoisotopic (exact) mass is 458 g/mol. The van der Waals surface area contributed by atoms with Gasteiger partial charge in [-0.15, -0.1) is 0 Å². The second kappa shape index (κ2) is 7.10. The molecule has 0 heterocycles. The van der Waals surface area contributed by atoms with E-state index in [4.69, 9.17) is 0 Å². The standard InChI is InChI=1S/C30H50O3/c1-19(9-8-13-25(2,3)33)20-12-14-28(7)22-11-10-21-26(4,5)23(31)17-24(32)30(21)18-29(22,30)16-15-27(20,28)6/h8,13,19-24,31-33H,9-12,14-18H2,1-7H3. The van der Waals surface area contributed by atoms with Gasteiger partial charge < -0.3 is 15.3 Å². The zero-order valence-corrected chi connectivity index (χ0v) is 22.3. The third-order valence-electron chi connectivity index (χ3n) is 12.9. The van der Waals surface area contributed by atoms with Crippen LogP contribution in [0.2, 0.25) is 0 Å². The highest BCUT2D eigenvalue weighted by molar-refractivity contribution is 5.32. The average Bonchev–Trinajstić information content (AvgIpc) is 3.31. The quantitative estimate of drug-likeness (QED) is 0.445. The van der Waals surface area contributed by atoms with Crippen molar-refractivity contribution in [3.8, 4) is 0 Å². The molecule has 0 aliphatic heterocycles. The molecule has 5 aliphatic carbocycles. The third kappa shape index (κ3) is 2.97. The van der Waals surface area contributed by atoms with Gasteiger partial charge in [-0.2, -0.15) is 0 Å². The molecule has 3 heteroatoms. The van der Waals surface area contributed by atoms with Crippen LogP contribution >= 0.6 is 0 Å². The fourth-order valence-electron chi connectivity index (χ4n) is 11.0. The molecule has 5 saturated carbocycles. The SMILES string of the molecule is CC(CC=CC(C)(C)O)C1CCC2(C)C3CCC4C(C)(C)C(O)CC(O)C45CC35CCC12C. The summed E-state index contributed by atoms with van der Waals surface area (Å²) >= 11 is 0. The van der Waals surface area contributed by atoms with E-state index in [-0.39, 0.29) is 23.0 Å². The Morgan fingerprint density at radius 3 is 2.24 bits per heavy atom. The van der Waals surface area contributed by atoms with E-state index in [0.717, 1.165) is 12.3 Å². The fourth-order valence-corrected chi connectivity index (χ4v) is 11.0. The highest BCUT2D eigenvalue weighted by atomic mass is 16.3. The molecular weight excluding hydrogens is 408 g/mol. The van der Waals surface area contributed by atoms with Gasteiger partial charge in [0.25, 0.3) is 0 Å². The van der Waals surface area contributed by atoms with E-state index in [1.54, 1.807) is 0 Å². The van der Waals surface area contributed by atoms with Crippen LogP contribution in [0.25, 0.3) is 0 Å². The largest absolute Gasteiger partial charge is 0.392 e. The first-order valence-corrected chi connectivity index (χ1v) is 13.9. The summed E-state index contributed by atoms with van der Waals surface area (Å²) in [5.41, 5.74) is 0.248. The van der Waals surface area contributed by atoms with Crippen molar-refractivity contribution in [1.82, 2.24) is 0 Å². The van der Waals surface area contributed by atoms with Gasteiger partial charge in [0, 0.05) is 11.8 Å². The molecule has 2 spiro atoms. The van der Waals surface area contributed by atoms with Crippen LogP contribution in [-0.4, -0.2) is 33.1 Å². The van der Waals surface area contributed by atoms with E-state index in [1.807, 2.05) is 19.9 Å². The highest BCUT2D eigenvalue weighted by Crippen LogP contribution is 2.89. The molecule has 0 bridgehead atoms. The number of aliphatic hydroxyl groups is 3. The maximum absolute atomic E-state index is 11.4. The van der Waals surface area contributed by atoms with Gasteiger partial charge in [0.1, 0.15) is 0 Å². The number of rotatable bonds is 4. The Labute approximate surface area is 202 Å². The van der Waals surface area contributed by atoms with Gasteiger partial charge in [-0.1, -0.05) is 46.8 Å². The Kier molecular flexibility index (Phi) is 5.23. The van der Waals surface area contributed by atoms with Gasteiger partial charge in [0.15, 0.2) is 0 Å². The minimum atomic E-state index is -0.730. The Morgan fingerprint density at radius 1 is 0.909 bits per heavy atom. The van der Waals surface area contributed by atoms with Crippen LogP contribution in [-0.2, 0) is 0 Å². The number of allylic oxidation sites excluding steroid dienone is 1. The first kappa shape index (κ1) is 24.3. The van der Waals surface area contributed by atoms with Crippen LogP contribution in [0.1, 0.15) is 106 Å². The van der Waals surface area contributed by atoms with Crippen molar-refractivity contribution < 1.29 is 15.3 Å². The van der Waals surface area contributed by atoms with E-state index in [9.17, 15) is 15.3 Å². The number of fused-ring (bicyclic) bond motifs is 2. The maximum atomic E-state index is 11.4. The van der Waals surface area contributed by atoms with Crippen molar-refractivity contribution in [2.45, 2.75) is 124 Å². The first-order chi connectivity index (χ1) is 15.2. The Hall–Kier alpha value is -0.380. The summed E-state index contributed by atoms with van der Waals surface area (Å²) in [4.78, 5) is 0. The van der Waals surface area contributed by atoms with Gasteiger partial charge in [-0.05, 0) is 111 Å². The lowest BCUT2D eigenvalue weighted by Crippen LogP contribution is -2.61. The lowest BCUT2D eigenvalue weighted by Gasteiger charge is -2.64. The maximum Gasteiger partial charge on any atom is 0.0771 e. The molecule has 3 N–H and O–H groups in total. The second-order valence-electron chi connectivity index (χ2n) is 14.9. The average molecular weight is 459 g/mol. The summed E-state index contributed by atoms with van der Waals surface area (Å²) in [6, 6.07) is 0. The minimum absolute atomic E-state index is 0.0577. The Bertz CT molecular complexity index is 825. The molecule has 0 aromatic rings. The predicted molar refractivity (Wildman–Crippen MR) is 133 cm³/mol. The van der Waals surface area contributed by atoms with Crippen molar-refractivity contribution >= 4 is 0 Å². The second-order valence-corrected chi connectivity index (χ2v) is 14.9. The van der Waals surface area contributed by atoms with Crippen molar-refractivity contribution in [2.24, 2.45) is 50.7 Å². The van der Waals surface area contributed by atoms with Gasteiger partial charge in [0.05, 0.1) is 17.8 Å². The topological polar surface area (TPSA) is 60.7 Å². The van der Waals surface area contributed by atoms with Gasteiger partial charge >= 0.3 is 0 Å². The molecule has 5 rings (SSSR count). The molecule has 5 fully saturated rings. The zero-order valence-electron chi connectivity index (χ0n) is 22.3. The van der Waals surface area contributed by atoms with Crippen molar-refractivity contribution in [3.63, 3.8) is 0 Å². The lowest BCUT2D eigenvalue weighted by molar-refractivity contribution is -0.195. The Balaban J connectivity index is 1.42. The van der Waals surface area contributed by atoms with E-state index in [1.165, 1.54) is 44.9 Å². The normalized spacial score (nSPS) is 53.7. The number of hydrogen-bond donors (Lipinski definition) is 3. The molecule has 0 radical (unpaired) electrons. The minimum Gasteiger partial charge on any atom is -0.392 e. The van der Waals surface area contributed by atoms with Crippen LogP contribution in [0.4, 0.5) is 0 Å². The summed E-state index contributed by atoms with van der Waals surface area (Å²) in [5, 5.41) is 32.4. The summed E-state index contributed by atoms with van der Waals surface area (Å²) < 4.78 is 0. The molecule has 0 amide bonds. The van der Waals surface area contributed by atoms with Crippen LogP contribution in [0.5, 0.6) is 0 Å². The molecular formula is C30H50O3. The van der Waals surface area contributed by atoms with Crippen LogP contribution in [0, 0.1) is 50.7 Å². The van der Waals surface area contributed by atoms with E-state index >= 15 is 0 Å². The first-order valence-electron chi connectivity index (χ1n) is 13.9. The van der Waals surface area contributed by atoms with Gasteiger partial charge in [-0.25, -0.2) is 0 Å². The van der Waals surface area contributed by atoms with Crippen molar-refractivity contribution in [2.75, 3.05) is 0 Å². The zero-order chi connectivity index (χ0) is 24.2. The predicted octanol–water partition coefficient (Wildman–Crippen LogP) is 6.11. The number of hydrogen-bond acceptors (Lipinski definition) is 3. The number of aliphatic hydroxyl groups excluding tert-OH is 2. The molecule has 5 aliphatic rings. The summed E-state index contributed by atoms with van der Waals surface area (Å²) in [7, 11) is 0. The van der Waals surface area contributed by atoms with E-state index in [0.29, 0.717) is 40.4 Å². The van der Waals surface area contributed by atoms with Gasteiger partial charge in [0.2, 0.25) is 0 Å². The summed E-state index contributed by atoms with van der Waals surface area (Å²) in [6.07, 6.45) is 13.9. The molecule has 0 aromatic carbocycles. The van der Waals surface area contributed by atoms with Crippen LogP contribution < -0.4 is 0 Å². The molecule has 10 atom stereocenters.